The number of unbranched alkanes of at least 4 members (excludes halogenated alkanes) is 13. The molecule has 0 saturated heterocycles. The number of rotatable bonds is 18. The van der Waals surface area contributed by atoms with Crippen LogP contribution in [0.2, 0.25) is 0 Å². The standard InChI is InChI=1S/C22H40F4N2O3S/c1-3-4-5-6-7-8-9-10-11-12-13-14-15-16-17-28-19-18-27(2)20(28)21(23,24)22(25,26)32(29,30)31/h18-20H,3-17H2,1-2H3,(H,29,30,31). The van der Waals surface area contributed by atoms with Crippen LogP contribution in [0, 0.1) is 0 Å². The van der Waals surface area contributed by atoms with E-state index in [9.17, 15) is 26.0 Å². The van der Waals surface area contributed by atoms with Crippen LogP contribution in [0.5, 0.6) is 0 Å². The summed E-state index contributed by atoms with van der Waals surface area (Å²) >= 11 is 0. The van der Waals surface area contributed by atoms with E-state index in [4.69, 9.17) is 4.55 Å². The fourth-order valence-corrected chi connectivity index (χ4v) is 4.51. The number of hydrogen-bond donors (Lipinski definition) is 1. The van der Waals surface area contributed by atoms with Gasteiger partial charge in [-0.25, -0.2) is 0 Å². The summed E-state index contributed by atoms with van der Waals surface area (Å²) in [4.78, 5) is 1.85. The smallest absolute Gasteiger partial charge is 0.354 e. The highest BCUT2D eigenvalue weighted by Gasteiger charge is 2.71. The summed E-state index contributed by atoms with van der Waals surface area (Å²) in [5.41, 5.74) is 0. The lowest BCUT2D eigenvalue weighted by atomic mass is 10.0. The summed E-state index contributed by atoms with van der Waals surface area (Å²) in [5.74, 6) is -4.99. The summed E-state index contributed by atoms with van der Waals surface area (Å²) in [5, 5.41) is -5.58. The first-order valence-electron chi connectivity index (χ1n) is 11.9. The van der Waals surface area contributed by atoms with Gasteiger partial charge in [0, 0.05) is 26.0 Å². The van der Waals surface area contributed by atoms with Gasteiger partial charge in [-0.05, 0) is 6.42 Å². The predicted octanol–water partition coefficient (Wildman–Crippen LogP) is 6.63. The van der Waals surface area contributed by atoms with E-state index in [0.717, 1.165) is 35.5 Å². The Morgan fingerprint density at radius 2 is 1.19 bits per heavy atom. The molecule has 1 aliphatic heterocycles. The van der Waals surface area contributed by atoms with E-state index in [1.54, 1.807) is 0 Å². The first-order valence-corrected chi connectivity index (χ1v) is 13.3. The molecule has 1 aliphatic rings. The number of alkyl halides is 4. The molecule has 0 aliphatic carbocycles. The van der Waals surface area contributed by atoms with Gasteiger partial charge in [0.2, 0.25) is 0 Å². The molecule has 1 unspecified atom stereocenters. The lowest BCUT2D eigenvalue weighted by molar-refractivity contribution is -0.213. The molecule has 1 heterocycles. The molecular weight excluding hydrogens is 448 g/mol. The summed E-state index contributed by atoms with van der Waals surface area (Å²) < 4.78 is 86.5. The second-order valence-electron chi connectivity index (χ2n) is 8.79. The third-order valence-corrected chi connectivity index (χ3v) is 6.92. The Morgan fingerprint density at radius 3 is 1.59 bits per heavy atom. The van der Waals surface area contributed by atoms with E-state index in [1.165, 1.54) is 77.2 Å². The highest BCUT2D eigenvalue weighted by atomic mass is 32.2. The molecule has 190 valence electrons. The number of nitrogens with zero attached hydrogens (tertiary/aromatic N) is 2. The second-order valence-corrected chi connectivity index (χ2v) is 10.2. The average molecular weight is 489 g/mol. The minimum Gasteiger partial charge on any atom is -0.354 e. The molecule has 0 amide bonds. The quantitative estimate of drug-likeness (QED) is 0.133. The fraction of sp³-hybridized carbons (Fsp3) is 0.909. The molecule has 1 rings (SSSR count). The van der Waals surface area contributed by atoms with Gasteiger partial charge in [0.1, 0.15) is 0 Å². The zero-order valence-corrected chi connectivity index (χ0v) is 20.2. The van der Waals surface area contributed by atoms with Crippen LogP contribution in [0.3, 0.4) is 0 Å². The van der Waals surface area contributed by atoms with Gasteiger partial charge in [-0.1, -0.05) is 90.4 Å². The molecule has 5 nitrogen and oxygen atoms in total. The van der Waals surface area contributed by atoms with Crippen molar-refractivity contribution in [3.05, 3.63) is 12.4 Å². The van der Waals surface area contributed by atoms with Crippen LogP contribution in [-0.4, -0.2) is 53.7 Å². The van der Waals surface area contributed by atoms with E-state index in [1.807, 2.05) is 0 Å². The van der Waals surface area contributed by atoms with Crippen molar-refractivity contribution in [2.45, 2.75) is 114 Å². The van der Waals surface area contributed by atoms with Gasteiger partial charge >= 0.3 is 21.3 Å². The zero-order chi connectivity index (χ0) is 24.3. The molecule has 1 atom stereocenters. The first kappa shape index (κ1) is 29.0. The van der Waals surface area contributed by atoms with Crippen molar-refractivity contribution in [2.75, 3.05) is 13.6 Å². The molecule has 32 heavy (non-hydrogen) atoms. The van der Waals surface area contributed by atoms with Crippen molar-refractivity contribution >= 4 is 10.1 Å². The van der Waals surface area contributed by atoms with Gasteiger partial charge in [0.25, 0.3) is 0 Å². The van der Waals surface area contributed by atoms with Crippen molar-refractivity contribution in [3.63, 3.8) is 0 Å². The maximum atomic E-state index is 14.4. The van der Waals surface area contributed by atoms with Crippen LogP contribution in [0.4, 0.5) is 17.6 Å². The van der Waals surface area contributed by atoms with Crippen LogP contribution < -0.4 is 0 Å². The second kappa shape index (κ2) is 13.6. The number of halogens is 4. The average Bonchev–Trinajstić information content (AvgIpc) is 3.08. The molecule has 0 radical (unpaired) electrons. The molecule has 0 fully saturated rings. The van der Waals surface area contributed by atoms with Crippen molar-refractivity contribution in [1.82, 2.24) is 9.80 Å². The van der Waals surface area contributed by atoms with Gasteiger partial charge in [0.05, 0.1) is 0 Å². The third kappa shape index (κ3) is 8.39. The summed E-state index contributed by atoms with van der Waals surface area (Å²) in [6, 6.07) is 0. The molecule has 0 aromatic carbocycles. The Hall–Kier alpha value is -1.03. The minimum atomic E-state index is -6.26. The van der Waals surface area contributed by atoms with E-state index in [2.05, 4.69) is 6.92 Å². The zero-order valence-electron chi connectivity index (χ0n) is 19.4. The Bertz CT molecular complexity index is 660. The molecule has 10 heteroatoms. The predicted molar refractivity (Wildman–Crippen MR) is 119 cm³/mol. The van der Waals surface area contributed by atoms with Crippen LogP contribution in [-0.2, 0) is 10.1 Å². The van der Waals surface area contributed by atoms with Gasteiger partial charge in [0.15, 0.2) is 6.17 Å². The Labute approximate surface area is 191 Å². The van der Waals surface area contributed by atoms with Crippen LogP contribution >= 0.6 is 0 Å². The molecule has 0 aromatic heterocycles. The first-order chi connectivity index (χ1) is 15.0. The number of hydrogen-bond acceptors (Lipinski definition) is 4. The van der Waals surface area contributed by atoms with Crippen molar-refractivity contribution in [1.29, 1.82) is 0 Å². The van der Waals surface area contributed by atoms with E-state index in [0.29, 0.717) is 6.42 Å². The van der Waals surface area contributed by atoms with E-state index in [-0.39, 0.29) is 6.54 Å². The molecule has 0 bridgehead atoms. The molecule has 1 N–H and O–H groups in total. The lowest BCUT2D eigenvalue weighted by Crippen LogP contribution is -2.61. The summed E-state index contributed by atoms with van der Waals surface area (Å²) in [6.45, 7) is 2.31. The largest absolute Gasteiger partial charge is 0.435 e. The van der Waals surface area contributed by atoms with Crippen molar-refractivity contribution in [3.8, 4) is 0 Å². The monoisotopic (exact) mass is 488 g/mol. The maximum Gasteiger partial charge on any atom is 0.435 e. The van der Waals surface area contributed by atoms with E-state index >= 15 is 0 Å². The topological polar surface area (TPSA) is 60.9 Å². The Morgan fingerprint density at radius 1 is 0.781 bits per heavy atom. The SMILES string of the molecule is CCCCCCCCCCCCCCCCN1C=CN(C)C1C(F)(F)C(F)(F)S(=O)(=O)O. The molecule has 0 spiro atoms. The Balaban J connectivity index is 2.24. The van der Waals surface area contributed by atoms with Gasteiger partial charge in [-0.3, -0.25) is 4.55 Å². The molecule has 0 aromatic rings. The highest BCUT2D eigenvalue weighted by Crippen LogP contribution is 2.44. The van der Waals surface area contributed by atoms with Gasteiger partial charge < -0.3 is 9.80 Å². The fourth-order valence-electron chi connectivity index (χ4n) is 4.06. The minimum absolute atomic E-state index is 0.0979. The summed E-state index contributed by atoms with van der Waals surface area (Å²) in [6.07, 6.45) is 16.2. The molecular formula is C22H40F4N2O3S. The third-order valence-electron chi connectivity index (χ3n) is 6.00. The van der Waals surface area contributed by atoms with Gasteiger partial charge in [-0.15, -0.1) is 0 Å². The summed E-state index contributed by atoms with van der Waals surface area (Å²) in [7, 11) is -5.09. The van der Waals surface area contributed by atoms with Crippen LogP contribution in [0.25, 0.3) is 0 Å². The normalized spacial score (nSPS) is 17.5. The van der Waals surface area contributed by atoms with Crippen LogP contribution in [0.15, 0.2) is 12.4 Å². The van der Waals surface area contributed by atoms with Gasteiger partial charge in [-0.2, -0.15) is 26.0 Å². The van der Waals surface area contributed by atoms with Crippen molar-refractivity contribution in [2.24, 2.45) is 0 Å². The highest BCUT2D eigenvalue weighted by molar-refractivity contribution is 7.87. The lowest BCUT2D eigenvalue weighted by Gasteiger charge is -2.38. The van der Waals surface area contributed by atoms with Crippen LogP contribution in [0.1, 0.15) is 96.8 Å². The maximum absolute atomic E-state index is 14.4. The van der Waals surface area contributed by atoms with E-state index < -0.39 is 27.5 Å². The molecule has 0 saturated carbocycles. The van der Waals surface area contributed by atoms with Crippen molar-refractivity contribution < 1.29 is 30.5 Å². The Kier molecular flexibility index (Phi) is 12.3.